The van der Waals surface area contributed by atoms with E-state index >= 15 is 0 Å². The van der Waals surface area contributed by atoms with E-state index < -0.39 is 0 Å². The Bertz CT molecular complexity index is 393. The molecular formula is C19H31N. The lowest BCUT2D eigenvalue weighted by molar-refractivity contribution is 0.405. The molecule has 0 heterocycles. The van der Waals surface area contributed by atoms with Crippen molar-refractivity contribution in [2.75, 3.05) is 6.54 Å². The van der Waals surface area contributed by atoms with Crippen LogP contribution in [0.25, 0.3) is 0 Å². The van der Waals surface area contributed by atoms with Gasteiger partial charge in [0.25, 0.3) is 0 Å². The predicted molar refractivity (Wildman–Crippen MR) is 88.1 cm³/mol. The maximum absolute atomic E-state index is 3.73. The summed E-state index contributed by atoms with van der Waals surface area (Å²) in [4.78, 5) is 0. The number of hydrogen-bond acceptors (Lipinski definition) is 1. The molecule has 1 atom stereocenters. The zero-order chi connectivity index (χ0) is 14.4. The lowest BCUT2D eigenvalue weighted by Gasteiger charge is -2.19. The Hall–Kier alpha value is -0.820. The lowest BCUT2D eigenvalue weighted by Crippen LogP contribution is -2.26. The van der Waals surface area contributed by atoms with Gasteiger partial charge in [-0.15, -0.1) is 0 Å². The standard InChI is InChI=1S/C19H31N/c1-15(2)7-6-9-17(14-20-19-11-12-19)13-18-10-5-4-8-16(18)3/h4-5,8,10,15,17,19-20H,6-7,9,11-14H2,1-3H3. The fraction of sp³-hybridized carbons (Fsp3) is 0.684. The molecular weight excluding hydrogens is 242 g/mol. The van der Waals surface area contributed by atoms with Crippen molar-refractivity contribution in [3.63, 3.8) is 0 Å². The van der Waals surface area contributed by atoms with Gasteiger partial charge in [0.15, 0.2) is 0 Å². The Morgan fingerprint density at radius 1 is 1.15 bits per heavy atom. The van der Waals surface area contributed by atoms with Crippen LogP contribution in [0.2, 0.25) is 0 Å². The van der Waals surface area contributed by atoms with Crippen LogP contribution in [-0.2, 0) is 6.42 Å². The first kappa shape index (κ1) is 15.6. The second kappa shape index (κ2) is 7.83. The van der Waals surface area contributed by atoms with Gasteiger partial charge in [0.1, 0.15) is 0 Å². The number of rotatable bonds is 9. The van der Waals surface area contributed by atoms with Crippen LogP contribution in [0.5, 0.6) is 0 Å². The van der Waals surface area contributed by atoms with Crippen LogP contribution in [0, 0.1) is 18.8 Å². The van der Waals surface area contributed by atoms with Gasteiger partial charge in [-0.3, -0.25) is 0 Å². The third kappa shape index (κ3) is 5.66. The fourth-order valence-electron chi connectivity index (χ4n) is 2.86. The first-order valence-corrected chi connectivity index (χ1v) is 8.43. The van der Waals surface area contributed by atoms with E-state index in [1.807, 2.05) is 0 Å². The second-order valence-corrected chi connectivity index (χ2v) is 7.00. The molecule has 2 rings (SSSR count). The molecule has 1 unspecified atom stereocenters. The largest absolute Gasteiger partial charge is 0.314 e. The van der Waals surface area contributed by atoms with E-state index in [9.17, 15) is 0 Å². The molecule has 0 saturated heterocycles. The third-order valence-corrected chi connectivity index (χ3v) is 4.44. The van der Waals surface area contributed by atoms with Crippen LogP contribution < -0.4 is 5.32 Å². The van der Waals surface area contributed by atoms with Crippen LogP contribution in [0.1, 0.15) is 57.1 Å². The van der Waals surface area contributed by atoms with Crippen LogP contribution in [-0.4, -0.2) is 12.6 Å². The monoisotopic (exact) mass is 273 g/mol. The van der Waals surface area contributed by atoms with Crippen LogP contribution in [0.15, 0.2) is 24.3 Å². The molecule has 0 aromatic heterocycles. The van der Waals surface area contributed by atoms with Crippen molar-refractivity contribution in [3.05, 3.63) is 35.4 Å². The minimum atomic E-state index is 0.801. The lowest BCUT2D eigenvalue weighted by atomic mass is 9.90. The summed E-state index contributed by atoms with van der Waals surface area (Å²) in [5.74, 6) is 1.64. The first-order valence-electron chi connectivity index (χ1n) is 8.43. The second-order valence-electron chi connectivity index (χ2n) is 7.00. The van der Waals surface area contributed by atoms with E-state index in [0.29, 0.717) is 0 Å². The van der Waals surface area contributed by atoms with Gasteiger partial charge < -0.3 is 5.32 Å². The summed E-state index contributed by atoms with van der Waals surface area (Å²) < 4.78 is 0. The zero-order valence-corrected chi connectivity index (χ0v) is 13.5. The Kier molecular flexibility index (Phi) is 6.09. The molecule has 1 nitrogen and oxygen atoms in total. The summed E-state index contributed by atoms with van der Waals surface area (Å²) in [5.41, 5.74) is 2.99. The average Bonchev–Trinajstić information content (AvgIpc) is 3.22. The number of nitrogens with one attached hydrogen (secondary N) is 1. The predicted octanol–water partition coefficient (Wildman–Crippen LogP) is 4.73. The molecule has 1 aromatic rings. The molecule has 1 aromatic carbocycles. The topological polar surface area (TPSA) is 12.0 Å². The van der Waals surface area contributed by atoms with Crippen molar-refractivity contribution in [2.24, 2.45) is 11.8 Å². The summed E-state index contributed by atoms with van der Waals surface area (Å²) in [7, 11) is 0. The maximum Gasteiger partial charge on any atom is 0.00683 e. The van der Waals surface area contributed by atoms with E-state index in [0.717, 1.165) is 17.9 Å². The third-order valence-electron chi connectivity index (χ3n) is 4.44. The van der Waals surface area contributed by atoms with E-state index in [1.54, 1.807) is 5.56 Å². The maximum atomic E-state index is 3.73. The summed E-state index contributed by atoms with van der Waals surface area (Å²) in [6.45, 7) is 8.11. The van der Waals surface area contributed by atoms with Gasteiger partial charge in [-0.05, 0) is 62.1 Å². The highest BCUT2D eigenvalue weighted by molar-refractivity contribution is 5.26. The van der Waals surface area contributed by atoms with Crippen molar-refractivity contribution >= 4 is 0 Å². The summed E-state index contributed by atoms with van der Waals surface area (Å²) >= 11 is 0. The van der Waals surface area contributed by atoms with E-state index in [-0.39, 0.29) is 0 Å². The van der Waals surface area contributed by atoms with Crippen LogP contribution in [0.3, 0.4) is 0 Å². The molecule has 0 bridgehead atoms. The molecule has 1 heteroatoms. The Balaban J connectivity index is 1.85. The SMILES string of the molecule is Cc1ccccc1CC(CCCC(C)C)CNC1CC1. The smallest absolute Gasteiger partial charge is 0.00683 e. The molecule has 1 fully saturated rings. The molecule has 0 spiro atoms. The molecule has 20 heavy (non-hydrogen) atoms. The zero-order valence-electron chi connectivity index (χ0n) is 13.5. The van der Waals surface area contributed by atoms with Crippen molar-refractivity contribution in [1.29, 1.82) is 0 Å². The average molecular weight is 273 g/mol. The number of hydrogen-bond donors (Lipinski definition) is 1. The molecule has 1 aliphatic rings. The highest BCUT2D eigenvalue weighted by Gasteiger charge is 2.22. The van der Waals surface area contributed by atoms with Gasteiger partial charge in [-0.25, -0.2) is 0 Å². The Morgan fingerprint density at radius 3 is 2.55 bits per heavy atom. The highest BCUT2D eigenvalue weighted by Crippen LogP contribution is 2.22. The van der Waals surface area contributed by atoms with Crippen LogP contribution >= 0.6 is 0 Å². The highest BCUT2D eigenvalue weighted by atomic mass is 14.9. The van der Waals surface area contributed by atoms with Gasteiger partial charge >= 0.3 is 0 Å². The Labute approximate surface area is 125 Å². The molecule has 0 radical (unpaired) electrons. The number of benzene rings is 1. The number of aryl methyl sites for hydroxylation is 1. The van der Waals surface area contributed by atoms with Crippen molar-refractivity contribution < 1.29 is 0 Å². The van der Waals surface area contributed by atoms with E-state index in [4.69, 9.17) is 0 Å². The quantitative estimate of drug-likeness (QED) is 0.685. The van der Waals surface area contributed by atoms with Gasteiger partial charge in [0.05, 0.1) is 0 Å². The van der Waals surface area contributed by atoms with Crippen molar-refractivity contribution in [3.8, 4) is 0 Å². The summed E-state index contributed by atoms with van der Waals surface area (Å²) in [6, 6.07) is 9.72. The summed E-state index contributed by atoms with van der Waals surface area (Å²) in [6.07, 6.45) is 8.14. The van der Waals surface area contributed by atoms with Gasteiger partial charge in [-0.1, -0.05) is 51.0 Å². The van der Waals surface area contributed by atoms with Gasteiger partial charge in [0.2, 0.25) is 0 Å². The minimum Gasteiger partial charge on any atom is -0.314 e. The molecule has 1 N–H and O–H groups in total. The molecule has 1 aliphatic carbocycles. The van der Waals surface area contributed by atoms with Gasteiger partial charge in [0, 0.05) is 6.04 Å². The van der Waals surface area contributed by atoms with E-state index in [2.05, 4.69) is 50.4 Å². The molecule has 112 valence electrons. The van der Waals surface area contributed by atoms with Crippen molar-refractivity contribution in [1.82, 2.24) is 5.32 Å². The molecule has 0 aliphatic heterocycles. The van der Waals surface area contributed by atoms with Crippen molar-refractivity contribution in [2.45, 2.75) is 65.3 Å². The normalized spacial score (nSPS) is 16.6. The molecule has 0 amide bonds. The minimum absolute atomic E-state index is 0.801. The van der Waals surface area contributed by atoms with Gasteiger partial charge in [-0.2, -0.15) is 0 Å². The fourth-order valence-corrected chi connectivity index (χ4v) is 2.86. The first-order chi connectivity index (χ1) is 9.65. The Morgan fingerprint density at radius 2 is 1.90 bits per heavy atom. The van der Waals surface area contributed by atoms with Crippen LogP contribution in [0.4, 0.5) is 0 Å². The van der Waals surface area contributed by atoms with E-state index in [1.165, 1.54) is 50.6 Å². The summed E-state index contributed by atoms with van der Waals surface area (Å²) in [5, 5.41) is 3.73. The molecule has 1 saturated carbocycles.